The highest BCUT2D eigenvalue weighted by atomic mass is 32.2. The summed E-state index contributed by atoms with van der Waals surface area (Å²) in [6.45, 7) is -0.0799. The molecular weight excluding hydrogens is 436 g/mol. The monoisotopic (exact) mass is 462 g/mol. The number of amides is 3. The molecule has 0 atom stereocenters. The summed E-state index contributed by atoms with van der Waals surface area (Å²) in [4.78, 5) is 23.9. The van der Waals surface area contributed by atoms with Crippen molar-refractivity contribution in [2.75, 3.05) is 31.4 Å². The molecule has 1 aliphatic rings. The third-order valence-electron chi connectivity index (χ3n) is 4.65. The van der Waals surface area contributed by atoms with E-state index in [-0.39, 0.29) is 41.6 Å². The lowest BCUT2D eigenvalue weighted by molar-refractivity contribution is -0.116. The van der Waals surface area contributed by atoms with Crippen molar-refractivity contribution in [3.63, 3.8) is 0 Å². The van der Waals surface area contributed by atoms with Crippen LogP contribution < -0.4 is 30.1 Å². The number of urea groups is 1. The second-order valence-corrected chi connectivity index (χ2v) is 8.93. The molecule has 2 aromatic carbocycles. The highest BCUT2D eigenvalue weighted by molar-refractivity contribution is 7.89. The third-order valence-corrected chi connectivity index (χ3v) is 6.11. The molecule has 0 bridgehead atoms. The van der Waals surface area contributed by atoms with Gasteiger partial charge in [-0.1, -0.05) is 0 Å². The SMILES string of the molecule is COc1ccc(S(=O)(=O)NCCC(=O)Nc2ccc(NC(=O)NC3CC3)cc2)cc1OC. The average Bonchev–Trinajstić information content (AvgIpc) is 3.58. The maximum absolute atomic E-state index is 12.5. The fraction of sp³-hybridized carbons (Fsp3) is 0.333. The summed E-state index contributed by atoms with van der Waals surface area (Å²) in [5.74, 6) is 0.346. The van der Waals surface area contributed by atoms with Gasteiger partial charge in [-0.25, -0.2) is 17.9 Å². The van der Waals surface area contributed by atoms with E-state index in [2.05, 4.69) is 20.7 Å². The van der Waals surface area contributed by atoms with E-state index < -0.39 is 10.0 Å². The predicted molar refractivity (Wildman–Crippen MR) is 120 cm³/mol. The normalized spacial score (nSPS) is 13.2. The van der Waals surface area contributed by atoms with Crippen LogP contribution in [0.4, 0.5) is 16.2 Å². The van der Waals surface area contributed by atoms with Gasteiger partial charge in [-0.3, -0.25) is 4.79 Å². The summed E-state index contributed by atoms with van der Waals surface area (Å²) in [5, 5.41) is 8.22. The van der Waals surface area contributed by atoms with Crippen molar-refractivity contribution in [2.45, 2.75) is 30.2 Å². The molecule has 0 heterocycles. The number of nitrogens with one attached hydrogen (secondary N) is 4. The van der Waals surface area contributed by atoms with Crippen LogP contribution in [0.1, 0.15) is 19.3 Å². The number of hydrogen-bond acceptors (Lipinski definition) is 6. The van der Waals surface area contributed by atoms with Crippen LogP contribution in [-0.4, -0.2) is 47.2 Å². The van der Waals surface area contributed by atoms with Gasteiger partial charge < -0.3 is 25.4 Å². The fourth-order valence-corrected chi connectivity index (χ4v) is 3.85. The smallest absolute Gasteiger partial charge is 0.319 e. The molecule has 3 amide bonds. The Morgan fingerprint density at radius 1 is 0.938 bits per heavy atom. The molecule has 1 saturated carbocycles. The van der Waals surface area contributed by atoms with E-state index in [0.29, 0.717) is 17.1 Å². The Balaban J connectivity index is 1.46. The molecule has 0 radical (unpaired) electrons. The number of hydrogen-bond donors (Lipinski definition) is 4. The summed E-state index contributed by atoms with van der Waals surface area (Å²) in [6, 6.07) is 10.9. The van der Waals surface area contributed by atoms with Gasteiger partial charge in [0.05, 0.1) is 19.1 Å². The topological polar surface area (TPSA) is 135 Å². The van der Waals surface area contributed by atoms with E-state index in [0.717, 1.165) is 12.8 Å². The Hall–Kier alpha value is -3.31. The predicted octanol–water partition coefficient (Wildman–Crippen LogP) is 2.29. The van der Waals surface area contributed by atoms with Gasteiger partial charge in [0, 0.05) is 36.4 Å². The molecule has 172 valence electrons. The molecule has 1 fully saturated rings. The highest BCUT2D eigenvalue weighted by Crippen LogP contribution is 2.29. The van der Waals surface area contributed by atoms with Crippen molar-refractivity contribution in [2.24, 2.45) is 0 Å². The lowest BCUT2D eigenvalue weighted by Crippen LogP contribution is -2.30. The standard InChI is InChI=1S/C21H26N4O6S/c1-30-18-10-9-17(13-19(18)31-2)32(28,29)22-12-11-20(26)23-14-3-5-15(6-4-14)24-21(27)25-16-7-8-16/h3-6,9-10,13,16,22H,7-8,11-12H2,1-2H3,(H,23,26)(H2,24,25,27). The molecule has 11 heteroatoms. The van der Waals surface area contributed by atoms with Gasteiger partial charge in [-0.2, -0.15) is 0 Å². The van der Waals surface area contributed by atoms with Crippen LogP contribution in [0.2, 0.25) is 0 Å². The molecular formula is C21H26N4O6S. The van der Waals surface area contributed by atoms with Gasteiger partial charge in [0.25, 0.3) is 0 Å². The van der Waals surface area contributed by atoms with Crippen molar-refractivity contribution >= 4 is 33.3 Å². The van der Waals surface area contributed by atoms with E-state index >= 15 is 0 Å². The summed E-state index contributed by atoms with van der Waals surface area (Å²) >= 11 is 0. The quantitative estimate of drug-likeness (QED) is 0.428. The molecule has 1 aliphatic carbocycles. The Morgan fingerprint density at radius 2 is 1.56 bits per heavy atom. The molecule has 4 N–H and O–H groups in total. The molecule has 2 aromatic rings. The van der Waals surface area contributed by atoms with Gasteiger partial charge in [-0.15, -0.1) is 0 Å². The molecule has 0 aromatic heterocycles. The van der Waals surface area contributed by atoms with Gasteiger partial charge in [0.2, 0.25) is 15.9 Å². The first kappa shape index (κ1) is 23.4. The van der Waals surface area contributed by atoms with Crippen molar-refractivity contribution in [3.8, 4) is 11.5 Å². The van der Waals surface area contributed by atoms with Gasteiger partial charge in [0.1, 0.15) is 0 Å². The maximum atomic E-state index is 12.5. The second kappa shape index (κ2) is 10.3. The molecule has 0 spiro atoms. The van der Waals surface area contributed by atoms with E-state index in [1.54, 1.807) is 24.3 Å². The maximum Gasteiger partial charge on any atom is 0.319 e. The number of carbonyl (C=O) groups is 2. The van der Waals surface area contributed by atoms with Crippen LogP contribution in [0.5, 0.6) is 11.5 Å². The molecule has 32 heavy (non-hydrogen) atoms. The summed E-state index contributed by atoms with van der Waals surface area (Å²) in [6.07, 6.45) is 1.95. The Bertz CT molecular complexity index is 1070. The molecule has 10 nitrogen and oxygen atoms in total. The number of benzene rings is 2. The summed E-state index contributed by atoms with van der Waals surface area (Å²) < 4.78 is 37.5. The zero-order valence-corrected chi connectivity index (χ0v) is 18.6. The zero-order valence-electron chi connectivity index (χ0n) is 17.8. The minimum Gasteiger partial charge on any atom is -0.493 e. The fourth-order valence-electron chi connectivity index (χ4n) is 2.81. The van der Waals surface area contributed by atoms with E-state index in [4.69, 9.17) is 9.47 Å². The summed E-state index contributed by atoms with van der Waals surface area (Å²) in [7, 11) is -0.948. The lowest BCUT2D eigenvalue weighted by atomic mass is 10.2. The largest absolute Gasteiger partial charge is 0.493 e. The Kier molecular flexibility index (Phi) is 7.54. The Morgan fingerprint density at radius 3 is 2.16 bits per heavy atom. The first-order valence-corrected chi connectivity index (χ1v) is 11.5. The minimum atomic E-state index is -3.82. The molecule has 0 saturated heterocycles. The molecule has 0 aliphatic heterocycles. The van der Waals surface area contributed by atoms with E-state index in [1.807, 2.05) is 0 Å². The number of ether oxygens (including phenoxy) is 2. The van der Waals surface area contributed by atoms with Crippen LogP contribution in [-0.2, 0) is 14.8 Å². The summed E-state index contributed by atoms with van der Waals surface area (Å²) in [5.41, 5.74) is 1.13. The zero-order chi connectivity index (χ0) is 23.1. The van der Waals surface area contributed by atoms with Crippen molar-refractivity contribution in [1.82, 2.24) is 10.0 Å². The minimum absolute atomic E-state index is 0.00405. The lowest BCUT2D eigenvalue weighted by Gasteiger charge is -2.11. The van der Waals surface area contributed by atoms with Gasteiger partial charge >= 0.3 is 6.03 Å². The van der Waals surface area contributed by atoms with Crippen LogP contribution in [0.25, 0.3) is 0 Å². The van der Waals surface area contributed by atoms with Crippen LogP contribution in [0.15, 0.2) is 47.4 Å². The van der Waals surface area contributed by atoms with E-state index in [9.17, 15) is 18.0 Å². The van der Waals surface area contributed by atoms with Crippen LogP contribution in [0, 0.1) is 0 Å². The highest BCUT2D eigenvalue weighted by Gasteiger charge is 2.23. The molecule has 3 rings (SSSR count). The van der Waals surface area contributed by atoms with Gasteiger partial charge in [-0.05, 0) is 49.2 Å². The number of rotatable bonds is 10. The number of sulfonamides is 1. The van der Waals surface area contributed by atoms with Gasteiger partial charge in [0.15, 0.2) is 11.5 Å². The number of carbonyl (C=O) groups excluding carboxylic acids is 2. The second-order valence-electron chi connectivity index (χ2n) is 7.16. The number of anilines is 2. The van der Waals surface area contributed by atoms with Crippen LogP contribution in [0.3, 0.4) is 0 Å². The van der Waals surface area contributed by atoms with Crippen molar-refractivity contribution in [1.29, 1.82) is 0 Å². The van der Waals surface area contributed by atoms with Crippen molar-refractivity contribution in [3.05, 3.63) is 42.5 Å². The molecule has 0 unspecified atom stereocenters. The Labute approximate surface area is 186 Å². The first-order chi connectivity index (χ1) is 15.3. The number of methoxy groups -OCH3 is 2. The average molecular weight is 463 g/mol. The first-order valence-electron chi connectivity index (χ1n) is 10.00. The van der Waals surface area contributed by atoms with Crippen molar-refractivity contribution < 1.29 is 27.5 Å². The van der Waals surface area contributed by atoms with Crippen LogP contribution >= 0.6 is 0 Å². The van der Waals surface area contributed by atoms with E-state index in [1.165, 1.54) is 32.4 Å². The third kappa shape index (κ3) is 6.59.